The fourth-order valence-electron chi connectivity index (χ4n) is 5.91. The van der Waals surface area contributed by atoms with Crippen molar-refractivity contribution in [2.24, 2.45) is 0 Å². The molecule has 1 aliphatic heterocycles. The van der Waals surface area contributed by atoms with Crippen molar-refractivity contribution in [3.05, 3.63) is 117 Å². The average molecular weight is 745 g/mol. The van der Waals surface area contributed by atoms with E-state index in [1.807, 2.05) is 47.8 Å². The highest BCUT2D eigenvalue weighted by molar-refractivity contribution is 7.90. The van der Waals surface area contributed by atoms with Crippen molar-refractivity contribution in [3.63, 3.8) is 0 Å². The van der Waals surface area contributed by atoms with Crippen LogP contribution in [0.2, 0.25) is 0 Å². The second kappa shape index (κ2) is 16.7. The highest BCUT2D eigenvalue weighted by Crippen LogP contribution is 2.36. The van der Waals surface area contributed by atoms with E-state index in [4.69, 9.17) is 0 Å². The van der Waals surface area contributed by atoms with Crippen LogP contribution in [0.5, 0.6) is 5.75 Å². The van der Waals surface area contributed by atoms with E-state index in [1.54, 1.807) is 22.3 Å². The lowest BCUT2D eigenvalue weighted by Crippen LogP contribution is -2.48. The lowest BCUT2D eigenvalue weighted by Gasteiger charge is -2.26. The molecular weight excluding hydrogens is 706 g/mol. The predicted octanol–water partition coefficient (Wildman–Crippen LogP) is 5.53. The van der Waals surface area contributed by atoms with Gasteiger partial charge in [-0.25, -0.2) is 8.42 Å². The zero-order chi connectivity index (χ0) is 36.6. The maximum Gasteiger partial charge on any atom is 0.573 e. The Kier molecular flexibility index (Phi) is 12.4. The van der Waals surface area contributed by atoms with Gasteiger partial charge >= 0.3 is 6.36 Å². The number of amides is 2. The normalized spacial score (nSPS) is 16.0. The van der Waals surface area contributed by atoms with Crippen LogP contribution in [-0.4, -0.2) is 74.0 Å². The van der Waals surface area contributed by atoms with E-state index in [0.717, 1.165) is 29.5 Å². The highest BCUT2D eigenvalue weighted by atomic mass is 32.2. The quantitative estimate of drug-likeness (QED) is 0.125. The summed E-state index contributed by atoms with van der Waals surface area (Å²) in [5.74, 6) is -1.67. The number of alkyl halides is 3. The van der Waals surface area contributed by atoms with Crippen molar-refractivity contribution in [1.82, 2.24) is 15.5 Å². The number of carbonyl (C=O) groups excluding carboxylic acids is 2. The van der Waals surface area contributed by atoms with Crippen molar-refractivity contribution in [2.45, 2.75) is 50.4 Å². The minimum Gasteiger partial charge on any atom is -0.406 e. The Bertz CT molecular complexity index is 1890. The summed E-state index contributed by atoms with van der Waals surface area (Å²) in [6, 6.07) is 22.1. The van der Waals surface area contributed by atoms with Crippen molar-refractivity contribution in [3.8, 4) is 5.75 Å². The van der Waals surface area contributed by atoms with Crippen LogP contribution in [0.15, 0.2) is 90.3 Å². The third-order valence-corrected chi connectivity index (χ3v) is 9.90. The largest absolute Gasteiger partial charge is 0.573 e. The van der Waals surface area contributed by atoms with Gasteiger partial charge < -0.3 is 30.7 Å². The van der Waals surface area contributed by atoms with Crippen LogP contribution >= 0.6 is 11.3 Å². The number of hydrogen-bond acceptors (Lipinski definition) is 9. The minimum atomic E-state index is -4.83. The molecular formula is C36H39F3N4O6S2. The number of hydrogen-bond donors (Lipinski definition) is 4. The Morgan fingerprint density at radius 1 is 1.00 bits per heavy atom. The fraction of sp³-hybridized carbons (Fsp3) is 0.333. The molecule has 4 aromatic rings. The van der Waals surface area contributed by atoms with E-state index in [9.17, 15) is 36.3 Å². The topological polar surface area (TPSA) is 137 Å². The Morgan fingerprint density at radius 2 is 1.75 bits per heavy atom. The zero-order valence-corrected chi connectivity index (χ0v) is 29.4. The van der Waals surface area contributed by atoms with Crippen LogP contribution in [0.4, 0.5) is 18.9 Å². The Morgan fingerprint density at radius 3 is 2.45 bits per heavy atom. The summed E-state index contributed by atoms with van der Waals surface area (Å²) in [6.45, 7) is 0.615. The minimum absolute atomic E-state index is 0.0269. The molecule has 3 aromatic carbocycles. The number of halogens is 3. The van der Waals surface area contributed by atoms with Crippen molar-refractivity contribution >= 4 is 38.7 Å². The Hall–Kier alpha value is -4.44. The molecule has 10 nitrogen and oxygen atoms in total. The molecule has 1 aromatic heterocycles. The van der Waals surface area contributed by atoms with Gasteiger partial charge in [0.2, 0.25) is 0 Å². The molecule has 2 amide bonds. The number of nitrogens with zero attached hydrogens (tertiary/aromatic N) is 1. The number of sulfone groups is 1. The van der Waals surface area contributed by atoms with Crippen LogP contribution in [-0.2, 0) is 22.8 Å². The first kappa shape index (κ1) is 37.8. The van der Waals surface area contributed by atoms with E-state index in [-0.39, 0.29) is 54.0 Å². The van der Waals surface area contributed by atoms with E-state index in [0.29, 0.717) is 12.1 Å². The molecule has 4 N–H and O–H groups in total. The molecule has 51 heavy (non-hydrogen) atoms. The Labute approximate surface area is 298 Å². The summed E-state index contributed by atoms with van der Waals surface area (Å²) in [4.78, 5) is 30.6. The van der Waals surface area contributed by atoms with Gasteiger partial charge in [0.15, 0.2) is 9.84 Å². The number of ether oxygens (including phenoxy) is 1. The molecule has 15 heteroatoms. The van der Waals surface area contributed by atoms with Crippen LogP contribution in [0.3, 0.4) is 0 Å². The highest BCUT2D eigenvalue weighted by Gasteiger charge is 2.33. The summed E-state index contributed by atoms with van der Waals surface area (Å²) >= 11 is 1.56. The first-order valence-electron chi connectivity index (χ1n) is 16.2. The third kappa shape index (κ3) is 11.3. The van der Waals surface area contributed by atoms with Crippen LogP contribution in [0.25, 0.3) is 0 Å². The SMILES string of the molecule is CS(=O)(=O)CNc1cc(C(=O)N[C@H](Cc2ccccc2)[C@H](O)CNCc2cccc(OC(F)(F)F)c2)cc(C(=O)N2CCCC2c2cccs2)c1. The molecule has 1 unspecified atom stereocenters. The molecule has 1 saturated heterocycles. The van der Waals surface area contributed by atoms with E-state index in [1.165, 1.54) is 36.4 Å². The fourth-order valence-corrected chi connectivity index (χ4v) is 7.22. The van der Waals surface area contributed by atoms with Crippen LogP contribution < -0.4 is 20.7 Å². The summed E-state index contributed by atoms with van der Waals surface area (Å²) in [6.07, 6.45) is -3.07. The molecule has 2 heterocycles. The van der Waals surface area contributed by atoms with Gasteiger partial charge in [-0.05, 0) is 72.2 Å². The van der Waals surface area contributed by atoms with Crippen molar-refractivity contribution in [2.75, 3.05) is 30.5 Å². The van der Waals surface area contributed by atoms with Gasteiger partial charge in [0.1, 0.15) is 11.6 Å². The summed E-state index contributed by atoms with van der Waals surface area (Å²) in [5.41, 5.74) is 1.88. The smallest absolute Gasteiger partial charge is 0.406 e. The van der Waals surface area contributed by atoms with E-state index in [2.05, 4.69) is 20.7 Å². The second-order valence-electron chi connectivity index (χ2n) is 12.4. The van der Waals surface area contributed by atoms with Gasteiger partial charge in [0, 0.05) is 47.6 Å². The molecule has 1 fully saturated rings. The number of rotatable bonds is 15. The van der Waals surface area contributed by atoms with Gasteiger partial charge in [0.05, 0.1) is 18.2 Å². The number of nitrogens with one attached hydrogen (secondary N) is 3. The van der Waals surface area contributed by atoms with Crippen molar-refractivity contribution < 1.29 is 41.0 Å². The standard InChI is InChI=1S/C36H39F3N4O6S2/c1-51(47,48)23-41-28-19-26(18-27(20-28)35(46)43-14-6-12-31(43)33-13-7-15-50-33)34(45)42-30(17-24-8-3-2-4-9-24)32(44)22-40-21-25-10-5-11-29(16-25)49-36(37,38)39/h2-5,7-11,13,15-16,18-20,30-32,40-41,44H,6,12,14,17,21-23H2,1H3,(H,42,45)/t30-,31?,32-/m1/s1. The van der Waals surface area contributed by atoms with Gasteiger partial charge in [-0.3, -0.25) is 9.59 Å². The molecule has 5 rings (SSSR count). The van der Waals surface area contributed by atoms with Crippen molar-refractivity contribution in [1.29, 1.82) is 0 Å². The van der Waals surface area contributed by atoms with Crippen LogP contribution in [0, 0.1) is 0 Å². The Balaban J connectivity index is 1.35. The molecule has 1 aliphatic rings. The maximum atomic E-state index is 13.9. The number of benzene rings is 3. The lowest BCUT2D eigenvalue weighted by molar-refractivity contribution is -0.274. The molecule has 0 saturated carbocycles. The third-order valence-electron chi connectivity index (χ3n) is 8.26. The summed E-state index contributed by atoms with van der Waals surface area (Å²) < 4.78 is 66.0. The second-order valence-corrected chi connectivity index (χ2v) is 15.5. The molecule has 3 atom stereocenters. The van der Waals surface area contributed by atoms with Gasteiger partial charge in [-0.1, -0.05) is 48.5 Å². The number of thiophene rings is 1. The average Bonchev–Trinajstić information content (AvgIpc) is 3.79. The number of aliphatic hydroxyl groups is 1. The van der Waals surface area contributed by atoms with Gasteiger partial charge in [-0.2, -0.15) is 0 Å². The first-order chi connectivity index (χ1) is 24.2. The molecule has 0 spiro atoms. The first-order valence-corrected chi connectivity index (χ1v) is 19.2. The van der Waals surface area contributed by atoms with E-state index >= 15 is 0 Å². The molecule has 0 radical (unpaired) electrons. The maximum absolute atomic E-state index is 13.9. The molecule has 0 aliphatic carbocycles. The molecule has 0 bridgehead atoms. The summed E-state index contributed by atoms with van der Waals surface area (Å²) in [5, 5.41) is 22.0. The number of aliphatic hydroxyl groups excluding tert-OH is 1. The number of likely N-dealkylation sites (tertiary alicyclic amines) is 1. The van der Waals surface area contributed by atoms with Gasteiger partial charge in [0.25, 0.3) is 11.8 Å². The number of anilines is 1. The lowest BCUT2D eigenvalue weighted by atomic mass is 10.00. The number of carbonyl (C=O) groups is 2. The summed E-state index contributed by atoms with van der Waals surface area (Å²) in [7, 11) is -3.45. The molecule has 272 valence electrons. The van der Waals surface area contributed by atoms with E-state index < -0.39 is 40.1 Å². The van der Waals surface area contributed by atoms with Crippen LogP contribution in [0.1, 0.15) is 55.6 Å². The van der Waals surface area contributed by atoms with Gasteiger partial charge in [-0.15, -0.1) is 24.5 Å². The monoisotopic (exact) mass is 744 g/mol. The zero-order valence-electron chi connectivity index (χ0n) is 27.7. The predicted molar refractivity (Wildman–Crippen MR) is 189 cm³/mol.